The number of hydrogen-bond acceptors (Lipinski definition) is 3. The van der Waals surface area contributed by atoms with Crippen molar-refractivity contribution >= 4 is 20.2 Å². The van der Waals surface area contributed by atoms with Gasteiger partial charge >= 0.3 is 5.97 Å². The molecule has 0 rings (SSSR count). The summed E-state index contributed by atoms with van der Waals surface area (Å²) in [6, 6.07) is -0.881. The molecule has 0 radical (unpaired) electrons. The number of nitrogens with one attached hydrogen (secondary N) is 1. The fourth-order valence-electron chi connectivity index (χ4n) is 1.66. The van der Waals surface area contributed by atoms with E-state index in [2.05, 4.69) is 39.2 Å². The summed E-state index contributed by atoms with van der Waals surface area (Å²) in [5, 5.41) is 11.8. The molecule has 23 heavy (non-hydrogen) atoms. The van der Waals surface area contributed by atoms with Crippen molar-refractivity contribution in [3.05, 3.63) is 12.2 Å². The van der Waals surface area contributed by atoms with Gasteiger partial charge in [-0.15, -0.1) is 0 Å². The van der Waals surface area contributed by atoms with E-state index < -0.39 is 26.2 Å². The van der Waals surface area contributed by atoms with Crippen molar-refractivity contribution in [1.29, 1.82) is 0 Å². The first-order chi connectivity index (χ1) is 10.2. The molecular weight excluding hydrogens is 310 g/mol. The van der Waals surface area contributed by atoms with E-state index in [1.54, 1.807) is 6.08 Å². The molecule has 1 atom stereocenters. The number of rotatable bonds is 7. The minimum absolute atomic E-state index is 0.115. The van der Waals surface area contributed by atoms with E-state index in [0.29, 0.717) is 13.0 Å². The van der Waals surface area contributed by atoms with Crippen molar-refractivity contribution in [2.75, 3.05) is 6.61 Å². The number of hydrogen-bond donors (Lipinski definition) is 2. The van der Waals surface area contributed by atoms with Gasteiger partial charge in [0.15, 0.2) is 8.32 Å². The molecule has 0 fully saturated rings. The Labute approximate surface area is 141 Å². The molecule has 2 N–H and O–H groups in total. The van der Waals surface area contributed by atoms with Crippen LogP contribution in [0.5, 0.6) is 0 Å². The number of carbonyl (C=O) groups is 2. The van der Waals surface area contributed by atoms with E-state index in [0.717, 1.165) is 0 Å². The van der Waals surface area contributed by atoms with Gasteiger partial charge in [-0.2, -0.15) is 0 Å². The lowest BCUT2D eigenvalue weighted by molar-refractivity contribution is -0.142. The molecule has 1 unspecified atom stereocenters. The molecule has 6 heteroatoms. The van der Waals surface area contributed by atoms with E-state index in [-0.39, 0.29) is 10.5 Å². The standard InChI is InChI=1S/C17H33NO4Si/c1-16(2,3)12-13(15(20)21)18-14(19)10-9-11-22-23(7,8)17(4,5)6/h9-10,13H,11-12H2,1-8H3,(H,18,19)(H,20,21). The third-order valence-corrected chi connectivity index (χ3v) is 8.55. The average molecular weight is 344 g/mol. The van der Waals surface area contributed by atoms with Crippen molar-refractivity contribution < 1.29 is 19.1 Å². The summed E-state index contributed by atoms with van der Waals surface area (Å²) in [5.74, 6) is -1.42. The van der Waals surface area contributed by atoms with Gasteiger partial charge < -0.3 is 14.8 Å². The molecule has 134 valence electrons. The lowest BCUT2D eigenvalue weighted by Gasteiger charge is -2.35. The van der Waals surface area contributed by atoms with Gasteiger partial charge in [-0.1, -0.05) is 47.6 Å². The summed E-state index contributed by atoms with van der Waals surface area (Å²) in [5.41, 5.74) is -0.175. The molecular formula is C17H33NO4Si. The van der Waals surface area contributed by atoms with Crippen LogP contribution >= 0.6 is 0 Å². The van der Waals surface area contributed by atoms with Crippen LogP contribution in [0.2, 0.25) is 18.1 Å². The van der Waals surface area contributed by atoms with Gasteiger partial charge in [-0.3, -0.25) is 4.79 Å². The summed E-state index contributed by atoms with van der Waals surface area (Å²) in [4.78, 5) is 23.1. The van der Waals surface area contributed by atoms with Crippen LogP contribution in [0.3, 0.4) is 0 Å². The number of carboxylic acid groups (broad SMARTS) is 1. The molecule has 1 amide bonds. The highest BCUT2D eigenvalue weighted by Crippen LogP contribution is 2.36. The summed E-state index contributed by atoms with van der Waals surface area (Å²) in [7, 11) is -1.84. The van der Waals surface area contributed by atoms with Gasteiger partial charge in [-0.25, -0.2) is 4.79 Å². The maximum atomic E-state index is 11.9. The minimum Gasteiger partial charge on any atom is -0.480 e. The second kappa shape index (κ2) is 8.10. The molecule has 0 spiro atoms. The molecule has 0 saturated heterocycles. The van der Waals surface area contributed by atoms with Crippen molar-refractivity contribution in [1.82, 2.24) is 5.32 Å². The van der Waals surface area contributed by atoms with Gasteiger partial charge in [0.05, 0.1) is 6.61 Å². The van der Waals surface area contributed by atoms with Gasteiger partial charge in [-0.05, 0) is 30.0 Å². The van der Waals surface area contributed by atoms with E-state index >= 15 is 0 Å². The SMILES string of the molecule is CC(C)(C)CC(NC(=O)C=CCO[Si](C)(C)C(C)(C)C)C(=O)O. The normalized spacial score (nSPS) is 14.8. The average Bonchev–Trinajstić information content (AvgIpc) is 2.30. The number of amides is 1. The van der Waals surface area contributed by atoms with Crippen LogP contribution in [0.4, 0.5) is 0 Å². The van der Waals surface area contributed by atoms with E-state index in [4.69, 9.17) is 4.43 Å². The summed E-state index contributed by atoms with van der Waals surface area (Å²) >= 11 is 0. The third kappa shape index (κ3) is 8.91. The summed E-state index contributed by atoms with van der Waals surface area (Å²) < 4.78 is 5.93. The quantitative estimate of drug-likeness (QED) is 0.547. The second-order valence-corrected chi connectivity index (χ2v) is 13.4. The number of carboxylic acids is 1. The Morgan fingerprint density at radius 3 is 2.09 bits per heavy atom. The Morgan fingerprint density at radius 2 is 1.70 bits per heavy atom. The van der Waals surface area contributed by atoms with E-state index in [1.807, 2.05) is 20.8 Å². The molecule has 0 bridgehead atoms. The molecule has 5 nitrogen and oxygen atoms in total. The lowest BCUT2D eigenvalue weighted by atomic mass is 9.88. The van der Waals surface area contributed by atoms with E-state index in [9.17, 15) is 14.7 Å². The second-order valence-electron chi connectivity index (χ2n) is 8.64. The zero-order valence-electron chi connectivity index (χ0n) is 15.8. The van der Waals surface area contributed by atoms with E-state index in [1.165, 1.54) is 6.08 Å². The van der Waals surface area contributed by atoms with Crippen LogP contribution in [-0.2, 0) is 14.0 Å². The molecule has 0 aromatic carbocycles. The highest BCUT2D eigenvalue weighted by Gasteiger charge is 2.36. The topological polar surface area (TPSA) is 75.6 Å². The summed E-state index contributed by atoms with van der Waals surface area (Å²) in [6.07, 6.45) is 3.37. The molecule has 0 heterocycles. The minimum atomic E-state index is -1.84. The zero-order valence-corrected chi connectivity index (χ0v) is 16.8. The predicted octanol–water partition coefficient (Wildman–Crippen LogP) is 3.57. The Morgan fingerprint density at radius 1 is 1.17 bits per heavy atom. The first kappa shape index (κ1) is 21.9. The fraction of sp³-hybridized carbons (Fsp3) is 0.765. The first-order valence-electron chi connectivity index (χ1n) is 7.99. The number of carbonyl (C=O) groups excluding carboxylic acids is 1. The predicted molar refractivity (Wildman–Crippen MR) is 95.9 cm³/mol. The molecule has 0 aliphatic carbocycles. The van der Waals surface area contributed by atoms with Crippen molar-refractivity contribution in [3.63, 3.8) is 0 Å². The fourth-order valence-corrected chi connectivity index (χ4v) is 2.61. The van der Waals surface area contributed by atoms with Crippen molar-refractivity contribution in [2.24, 2.45) is 5.41 Å². The lowest BCUT2D eigenvalue weighted by Crippen LogP contribution is -2.42. The monoisotopic (exact) mass is 343 g/mol. The van der Waals surface area contributed by atoms with Crippen LogP contribution in [-0.4, -0.2) is 37.9 Å². The Hall–Kier alpha value is -1.14. The highest BCUT2D eigenvalue weighted by molar-refractivity contribution is 6.74. The zero-order chi connectivity index (χ0) is 18.5. The van der Waals surface area contributed by atoms with Crippen LogP contribution in [0.1, 0.15) is 48.0 Å². The molecule has 0 aromatic rings. The maximum absolute atomic E-state index is 11.9. The molecule has 0 aromatic heterocycles. The third-order valence-electron chi connectivity index (χ3n) is 4.05. The molecule has 0 aliphatic heterocycles. The van der Waals surface area contributed by atoms with Gasteiger partial charge in [0.2, 0.25) is 5.91 Å². The van der Waals surface area contributed by atoms with Crippen molar-refractivity contribution in [2.45, 2.75) is 72.1 Å². The highest BCUT2D eigenvalue weighted by atomic mass is 28.4. The molecule has 0 aliphatic rings. The Kier molecular flexibility index (Phi) is 7.70. The summed E-state index contributed by atoms with van der Waals surface area (Å²) in [6.45, 7) is 16.9. The van der Waals surface area contributed by atoms with Crippen LogP contribution in [0.25, 0.3) is 0 Å². The van der Waals surface area contributed by atoms with Crippen LogP contribution < -0.4 is 5.32 Å². The Balaban J connectivity index is 4.50. The maximum Gasteiger partial charge on any atom is 0.326 e. The Bertz CT molecular complexity index is 444. The van der Waals surface area contributed by atoms with Gasteiger partial charge in [0.25, 0.3) is 0 Å². The van der Waals surface area contributed by atoms with Gasteiger partial charge in [0, 0.05) is 6.08 Å². The number of aliphatic carboxylic acids is 1. The van der Waals surface area contributed by atoms with Gasteiger partial charge in [0.1, 0.15) is 6.04 Å². The largest absolute Gasteiger partial charge is 0.480 e. The first-order valence-corrected chi connectivity index (χ1v) is 10.9. The van der Waals surface area contributed by atoms with Crippen LogP contribution in [0.15, 0.2) is 12.2 Å². The van der Waals surface area contributed by atoms with Crippen LogP contribution in [0, 0.1) is 5.41 Å². The van der Waals surface area contributed by atoms with Crippen molar-refractivity contribution in [3.8, 4) is 0 Å². The molecule has 0 saturated carbocycles. The smallest absolute Gasteiger partial charge is 0.326 e.